The van der Waals surface area contributed by atoms with E-state index in [0.717, 1.165) is 4.90 Å². The fraction of sp³-hybridized carbons (Fsp3) is 0.438. The summed E-state index contributed by atoms with van der Waals surface area (Å²) in [6.07, 6.45) is 0. The molecular weight excluding hydrogens is 328 g/mol. The Morgan fingerprint density at radius 2 is 1.67 bits per heavy atom. The van der Waals surface area contributed by atoms with Crippen molar-refractivity contribution in [1.82, 2.24) is 9.21 Å². The number of rotatable bonds is 7. The number of hydrogen-bond acceptors (Lipinski definition) is 5. The molecule has 1 aromatic rings. The lowest BCUT2D eigenvalue weighted by molar-refractivity contribution is 0.0794. The van der Waals surface area contributed by atoms with Gasteiger partial charge in [0.1, 0.15) is 13.1 Å². The van der Waals surface area contributed by atoms with Crippen molar-refractivity contribution in [3.8, 4) is 12.1 Å². The van der Waals surface area contributed by atoms with E-state index in [1.54, 1.807) is 26.8 Å². The van der Waals surface area contributed by atoms with Crippen molar-refractivity contribution >= 4 is 15.9 Å². The van der Waals surface area contributed by atoms with Crippen LogP contribution < -0.4 is 0 Å². The number of carbonyl (C=O) groups excluding carboxylic acids is 1. The number of hydrogen-bond donors (Lipinski definition) is 0. The zero-order valence-electron chi connectivity index (χ0n) is 14.0. The van der Waals surface area contributed by atoms with Gasteiger partial charge in [-0.2, -0.15) is 14.8 Å². The highest BCUT2D eigenvalue weighted by atomic mass is 32.2. The fourth-order valence-corrected chi connectivity index (χ4v) is 3.98. The average Bonchev–Trinajstić information content (AvgIpc) is 2.55. The Morgan fingerprint density at radius 1 is 1.12 bits per heavy atom. The van der Waals surface area contributed by atoms with Gasteiger partial charge in [-0.15, -0.1) is 0 Å². The van der Waals surface area contributed by atoms with Gasteiger partial charge in [0.15, 0.2) is 0 Å². The third-order valence-corrected chi connectivity index (χ3v) is 5.76. The van der Waals surface area contributed by atoms with E-state index in [4.69, 9.17) is 10.5 Å². The lowest BCUT2D eigenvalue weighted by Gasteiger charge is -2.21. The van der Waals surface area contributed by atoms with E-state index in [9.17, 15) is 13.2 Å². The van der Waals surface area contributed by atoms with Crippen LogP contribution in [0.1, 0.15) is 29.8 Å². The number of aryl methyl sites for hydroxylation is 1. The van der Waals surface area contributed by atoms with Crippen LogP contribution in [0.5, 0.6) is 0 Å². The molecular formula is C16H20N4O3S. The summed E-state index contributed by atoms with van der Waals surface area (Å²) >= 11 is 0. The largest absolute Gasteiger partial charge is 0.312 e. The standard InChI is InChI=1S/C16H20N4O3S/c1-4-20(5-2)24(22,23)15-12-14(7-6-13(15)3)16(21)19(10-8-17)11-9-18/h6-7,12H,4-5,10-11H2,1-3H3. The first kappa shape index (κ1) is 19.6. The minimum atomic E-state index is -3.71. The van der Waals surface area contributed by atoms with E-state index in [2.05, 4.69) is 0 Å². The summed E-state index contributed by atoms with van der Waals surface area (Å²) in [6, 6.07) is 8.02. The molecule has 7 nitrogen and oxygen atoms in total. The lowest BCUT2D eigenvalue weighted by atomic mass is 10.1. The van der Waals surface area contributed by atoms with Gasteiger partial charge in [0.25, 0.3) is 5.91 Å². The van der Waals surface area contributed by atoms with Crippen molar-refractivity contribution in [2.24, 2.45) is 0 Å². The van der Waals surface area contributed by atoms with Crippen LogP contribution >= 0.6 is 0 Å². The molecule has 1 aromatic carbocycles. The molecule has 0 saturated carbocycles. The second kappa shape index (κ2) is 8.44. The minimum Gasteiger partial charge on any atom is -0.312 e. The van der Waals surface area contributed by atoms with Crippen LogP contribution in [0.3, 0.4) is 0 Å². The van der Waals surface area contributed by atoms with Crippen molar-refractivity contribution < 1.29 is 13.2 Å². The Hall–Kier alpha value is -2.42. The van der Waals surface area contributed by atoms with Crippen molar-refractivity contribution in [2.75, 3.05) is 26.2 Å². The number of sulfonamides is 1. The number of amides is 1. The highest BCUT2D eigenvalue weighted by Gasteiger charge is 2.25. The first-order valence-electron chi connectivity index (χ1n) is 7.47. The van der Waals surface area contributed by atoms with Gasteiger partial charge in [0.05, 0.1) is 17.0 Å². The molecule has 0 saturated heterocycles. The maximum Gasteiger partial charge on any atom is 0.255 e. The predicted molar refractivity (Wildman–Crippen MR) is 88.4 cm³/mol. The SMILES string of the molecule is CCN(CC)S(=O)(=O)c1cc(C(=O)N(CC#N)CC#N)ccc1C. The first-order chi connectivity index (χ1) is 11.3. The topological polar surface area (TPSA) is 105 Å². The molecule has 0 heterocycles. The third kappa shape index (κ3) is 4.10. The summed E-state index contributed by atoms with van der Waals surface area (Å²) in [4.78, 5) is 13.6. The Balaban J connectivity index is 3.35. The third-order valence-electron chi connectivity index (χ3n) is 3.57. The highest BCUT2D eigenvalue weighted by molar-refractivity contribution is 7.89. The van der Waals surface area contributed by atoms with E-state index >= 15 is 0 Å². The number of nitriles is 2. The Morgan fingerprint density at radius 3 is 2.12 bits per heavy atom. The van der Waals surface area contributed by atoms with E-state index in [1.165, 1.54) is 16.4 Å². The van der Waals surface area contributed by atoms with Crippen LogP contribution in [0.4, 0.5) is 0 Å². The van der Waals surface area contributed by atoms with E-state index in [-0.39, 0.29) is 23.5 Å². The summed E-state index contributed by atoms with van der Waals surface area (Å²) in [7, 11) is -3.71. The van der Waals surface area contributed by atoms with Crippen LogP contribution in [0.15, 0.2) is 23.1 Å². The normalized spacial score (nSPS) is 10.9. The van der Waals surface area contributed by atoms with Gasteiger partial charge in [-0.3, -0.25) is 4.79 Å². The summed E-state index contributed by atoms with van der Waals surface area (Å²) in [5, 5.41) is 17.5. The average molecular weight is 348 g/mol. The van der Waals surface area contributed by atoms with Gasteiger partial charge in [-0.25, -0.2) is 8.42 Å². The monoisotopic (exact) mass is 348 g/mol. The van der Waals surface area contributed by atoms with E-state index < -0.39 is 15.9 Å². The van der Waals surface area contributed by atoms with Gasteiger partial charge in [-0.05, 0) is 24.6 Å². The Kier molecular flexibility index (Phi) is 6.90. The molecule has 0 unspecified atom stereocenters. The molecule has 0 bridgehead atoms. The lowest BCUT2D eigenvalue weighted by Crippen LogP contribution is -2.33. The molecule has 0 fully saturated rings. The molecule has 0 aliphatic heterocycles. The van der Waals surface area contributed by atoms with Crippen molar-refractivity contribution in [3.05, 3.63) is 29.3 Å². The smallest absolute Gasteiger partial charge is 0.255 e. The molecule has 0 aromatic heterocycles. The van der Waals surface area contributed by atoms with Crippen LogP contribution in [-0.2, 0) is 10.0 Å². The highest BCUT2D eigenvalue weighted by Crippen LogP contribution is 2.22. The van der Waals surface area contributed by atoms with Crippen molar-refractivity contribution in [3.63, 3.8) is 0 Å². The summed E-state index contributed by atoms with van der Waals surface area (Å²) < 4.78 is 26.7. The molecule has 128 valence electrons. The molecule has 0 spiro atoms. The van der Waals surface area contributed by atoms with E-state index in [0.29, 0.717) is 18.7 Å². The Labute approximate surface area is 142 Å². The summed E-state index contributed by atoms with van der Waals surface area (Å²) in [6.45, 7) is 5.32. The zero-order valence-corrected chi connectivity index (χ0v) is 14.8. The fourth-order valence-electron chi connectivity index (χ4n) is 2.27. The molecule has 1 amide bonds. The first-order valence-corrected chi connectivity index (χ1v) is 8.91. The summed E-state index contributed by atoms with van der Waals surface area (Å²) in [5.74, 6) is -0.547. The Bertz CT molecular complexity index is 771. The van der Waals surface area contributed by atoms with Crippen molar-refractivity contribution in [2.45, 2.75) is 25.7 Å². The molecule has 8 heteroatoms. The molecule has 24 heavy (non-hydrogen) atoms. The molecule has 0 aliphatic rings. The maximum atomic E-state index is 12.7. The molecule has 0 radical (unpaired) electrons. The van der Waals surface area contributed by atoms with Crippen LogP contribution in [0.2, 0.25) is 0 Å². The molecule has 0 atom stereocenters. The van der Waals surface area contributed by atoms with Gasteiger partial charge < -0.3 is 4.90 Å². The number of benzene rings is 1. The van der Waals surface area contributed by atoms with Crippen LogP contribution in [0.25, 0.3) is 0 Å². The minimum absolute atomic E-state index is 0.0610. The number of carbonyl (C=O) groups is 1. The van der Waals surface area contributed by atoms with E-state index in [1.807, 2.05) is 12.1 Å². The van der Waals surface area contributed by atoms with Crippen LogP contribution in [0, 0.1) is 29.6 Å². The second-order valence-electron chi connectivity index (χ2n) is 5.05. The van der Waals surface area contributed by atoms with Gasteiger partial charge in [-0.1, -0.05) is 19.9 Å². The zero-order chi connectivity index (χ0) is 18.3. The molecule has 0 N–H and O–H groups in total. The van der Waals surface area contributed by atoms with Crippen LogP contribution in [-0.4, -0.2) is 49.7 Å². The predicted octanol–water partition coefficient (Wildman–Crippen LogP) is 1.51. The second-order valence-corrected chi connectivity index (χ2v) is 6.95. The van der Waals surface area contributed by atoms with Gasteiger partial charge >= 0.3 is 0 Å². The van der Waals surface area contributed by atoms with Gasteiger partial charge in [0.2, 0.25) is 10.0 Å². The quantitative estimate of drug-likeness (QED) is 0.695. The van der Waals surface area contributed by atoms with Gasteiger partial charge in [0, 0.05) is 18.7 Å². The summed E-state index contributed by atoms with van der Waals surface area (Å²) in [5.41, 5.74) is 0.669. The maximum absolute atomic E-state index is 12.7. The van der Waals surface area contributed by atoms with Crippen molar-refractivity contribution in [1.29, 1.82) is 10.5 Å². The molecule has 1 rings (SSSR count). The number of nitrogens with zero attached hydrogens (tertiary/aromatic N) is 4. The molecule has 0 aliphatic carbocycles.